The summed E-state index contributed by atoms with van der Waals surface area (Å²) in [5.74, 6) is 2.85. The minimum absolute atomic E-state index is 0.0659. The molecule has 0 heterocycles. The molecule has 0 aromatic heterocycles. The van der Waals surface area contributed by atoms with Gasteiger partial charge in [0.25, 0.3) is 0 Å². The highest BCUT2D eigenvalue weighted by atomic mass is 19.1. The Morgan fingerprint density at radius 1 is 1.12 bits per heavy atom. The van der Waals surface area contributed by atoms with Gasteiger partial charge in [-0.3, -0.25) is 4.79 Å². The molecule has 4 saturated carbocycles. The Morgan fingerprint density at radius 3 is 2.54 bits per heavy atom. The van der Waals surface area contributed by atoms with Crippen molar-refractivity contribution in [2.45, 2.75) is 81.6 Å². The molecule has 0 aliphatic heterocycles. The third-order valence-corrected chi connectivity index (χ3v) is 8.35. The van der Waals surface area contributed by atoms with Crippen molar-refractivity contribution in [2.75, 3.05) is 0 Å². The Bertz CT molecular complexity index is 627. The van der Waals surface area contributed by atoms with Crippen LogP contribution < -0.4 is 0 Å². The molecule has 0 radical (unpaired) electrons. The number of halogens is 1. The second-order valence-corrected chi connectivity index (χ2v) is 9.02. The van der Waals surface area contributed by atoms with E-state index in [1.54, 1.807) is 0 Å². The van der Waals surface area contributed by atoms with E-state index in [4.69, 9.17) is 6.42 Å². The molecule has 0 saturated heterocycles. The fourth-order valence-electron chi connectivity index (χ4n) is 6.86. The smallest absolute Gasteiger partial charge is 0.146 e. The van der Waals surface area contributed by atoms with Gasteiger partial charge in [-0.2, -0.15) is 0 Å². The molecule has 7 atom stereocenters. The minimum atomic E-state index is -1.77. The van der Waals surface area contributed by atoms with Gasteiger partial charge >= 0.3 is 0 Å². The van der Waals surface area contributed by atoms with Gasteiger partial charge in [-0.15, -0.1) is 6.42 Å². The minimum Gasteiger partial charge on any atom is -0.386 e. The summed E-state index contributed by atoms with van der Waals surface area (Å²) in [6.07, 6.45) is 9.78. The van der Waals surface area contributed by atoms with E-state index in [0.29, 0.717) is 25.7 Å². The third kappa shape index (κ3) is 1.78. The first kappa shape index (κ1) is 16.5. The second-order valence-electron chi connectivity index (χ2n) is 9.02. The molecule has 4 aliphatic carbocycles. The number of alkyl halides is 1. The maximum Gasteiger partial charge on any atom is 0.146 e. The van der Waals surface area contributed by atoms with Gasteiger partial charge in [-0.25, -0.2) is 4.39 Å². The molecule has 4 aliphatic rings. The van der Waals surface area contributed by atoms with Crippen molar-refractivity contribution in [2.24, 2.45) is 23.2 Å². The highest BCUT2D eigenvalue weighted by molar-refractivity contribution is 5.81. The Balaban J connectivity index is 1.69. The molecule has 0 aromatic rings. The van der Waals surface area contributed by atoms with E-state index in [9.17, 15) is 15.0 Å². The van der Waals surface area contributed by atoms with Crippen LogP contribution in [0.3, 0.4) is 0 Å². The Hall–Kier alpha value is -0.920. The molecule has 4 rings (SSSR count). The van der Waals surface area contributed by atoms with Crippen molar-refractivity contribution in [3.8, 4) is 12.3 Å². The van der Waals surface area contributed by atoms with Crippen LogP contribution >= 0.6 is 0 Å². The SMILES string of the molecule is C#C[C@]1(O)CC[C@H]2C3CC[C@@]4(F)CC(=O)CC[C@]4(O)[C@H]3CC[C@@]21C. The van der Waals surface area contributed by atoms with Crippen LogP contribution in [0.4, 0.5) is 4.39 Å². The van der Waals surface area contributed by atoms with Gasteiger partial charge in [0.05, 0.1) is 0 Å². The van der Waals surface area contributed by atoms with Gasteiger partial charge in [-0.05, 0) is 62.7 Å². The maximum absolute atomic E-state index is 15.5. The summed E-state index contributed by atoms with van der Waals surface area (Å²) in [6, 6.07) is 0. The molecule has 3 nitrogen and oxygen atoms in total. The highest BCUT2D eigenvalue weighted by Gasteiger charge is 2.69. The van der Waals surface area contributed by atoms with Crippen LogP contribution in [-0.2, 0) is 4.79 Å². The Morgan fingerprint density at radius 2 is 1.83 bits per heavy atom. The fourth-order valence-corrected chi connectivity index (χ4v) is 6.86. The van der Waals surface area contributed by atoms with Crippen molar-refractivity contribution in [3.05, 3.63) is 0 Å². The Labute approximate surface area is 143 Å². The molecule has 4 heteroatoms. The molecule has 0 spiro atoms. The molecule has 24 heavy (non-hydrogen) atoms. The number of terminal acetylenes is 1. The number of carbonyl (C=O) groups is 1. The molecule has 0 aromatic carbocycles. The summed E-state index contributed by atoms with van der Waals surface area (Å²) in [7, 11) is 0. The quantitative estimate of drug-likeness (QED) is 0.670. The average Bonchev–Trinajstić information content (AvgIpc) is 2.81. The summed E-state index contributed by atoms with van der Waals surface area (Å²) in [5.41, 5.74) is -4.58. The van der Waals surface area contributed by atoms with Crippen LogP contribution in [0.15, 0.2) is 0 Å². The largest absolute Gasteiger partial charge is 0.386 e. The number of fused-ring (bicyclic) bond motifs is 5. The van der Waals surface area contributed by atoms with E-state index in [1.165, 1.54) is 0 Å². The van der Waals surface area contributed by atoms with Crippen molar-refractivity contribution < 1.29 is 19.4 Å². The summed E-state index contributed by atoms with van der Waals surface area (Å²) >= 11 is 0. The van der Waals surface area contributed by atoms with Crippen molar-refractivity contribution in [1.82, 2.24) is 0 Å². The zero-order valence-corrected chi connectivity index (χ0v) is 14.4. The predicted octanol–water partition coefficient (Wildman–Crippen LogP) is 2.78. The Kier molecular flexibility index (Phi) is 3.33. The van der Waals surface area contributed by atoms with Crippen LogP contribution in [-0.4, -0.2) is 32.9 Å². The van der Waals surface area contributed by atoms with E-state index in [-0.39, 0.29) is 54.6 Å². The average molecular weight is 334 g/mol. The molecular formula is C20H27FO3. The van der Waals surface area contributed by atoms with Crippen LogP contribution in [0.5, 0.6) is 0 Å². The number of hydrogen-bond acceptors (Lipinski definition) is 3. The van der Waals surface area contributed by atoms with Gasteiger partial charge in [0.1, 0.15) is 22.7 Å². The van der Waals surface area contributed by atoms with E-state index in [2.05, 4.69) is 12.8 Å². The van der Waals surface area contributed by atoms with Crippen molar-refractivity contribution in [1.29, 1.82) is 0 Å². The first-order chi connectivity index (χ1) is 11.2. The van der Waals surface area contributed by atoms with E-state index in [0.717, 1.165) is 6.42 Å². The lowest BCUT2D eigenvalue weighted by atomic mass is 9.47. The summed E-state index contributed by atoms with van der Waals surface area (Å²) in [4.78, 5) is 11.8. The van der Waals surface area contributed by atoms with Gasteiger partial charge in [0, 0.05) is 18.3 Å². The zero-order chi connectivity index (χ0) is 17.4. The third-order valence-electron chi connectivity index (χ3n) is 8.35. The van der Waals surface area contributed by atoms with Gasteiger partial charge in [0.15, 0.2) is 0 Å². The normalized spacial score (nSPS) is 56.8. The number of hydrogen-bond donors (Lipinski definition) is 2. The number of ketones is 1. The zero-order valence-electron chi connectivity index (χ0n) is 14.4. The van der Waals surface area contributed by atoms with Crippen molar-refractivity contribution >= 4 is 5.78 Å². The first-order valence-corrected chi connectivity index (χ1v) is 9.32. The molecule has 0 amide bonds. The topological polar surface area (TPSA) is 57.5 Å². The van der Waals surface area contributed by atoms with Crippen LogP contribution in [0.2, 0.25) is 0 Å². The molecule has 4 fully saturated rings. The van der Waals surface area contributed by atoms with E-state index < -0.39 is 16.9 Å². The first-order valence-electron chi connectivity index (χ1n) is 9.32. The molecule has 1 unspecified atom stereocenters. The molecule has 132 valence electrons. The maximum atomic E-state index is 15.5. The van der Waals surface area contributed by atoms with Crippen LogP contribution in [0, 0.1) is 35.5 Å². The lowest BCUT2D eigenvalue weighted by molar-refractivity contribution is -0.227. The lowest BCUT2D eigenvalue weighted by Crippen LogP contribution is -2.66. The van der Waals surface area contributed by atoms with Crippen LogP contribution in [0.1, 0.15) is 64.7 Å². The number of carbonyl (C=O) groups excluding carboxylic acids is 1. The van der Waals surface area contributed by atoms with E-state index in [1.807, 2.05) is 0 Å². The standard InChI is InChI=1S/C20H27FO3/c1-3-19(23)10-7-15-14-5-9-18(21)12-13(22)4-11-20(18,24)16(14)6-8-17(15,19)2/h1,14-16,23-24H,4-12H2,2H3/t14?,15-,16-,17-,18+,19-,20-/m0/s1. The van der Waals surface area contributed by atoms with Gasteiger partial charge in [0.2, 0.25) is 0 Å². The highest BCUT2D eigenvalue weighted by Crippen LogP contribution is 2.67. The molecule has 2 N–H and O–H groups in total. The van der Waals surface area contributed by atoms with Crippen LogP contribution in [0.25, 0.3) is 0 Å². The number of rotatable bonds is 0. The molecular weight excluding hydrogens is 307 g/mol. The monoisotopic (exact) mass is 334 g/mol. The van der Waals surface area contributed by atoms with E-state index >= 15 is 4.39 Å². The van der Waals surface area contributed by atoms with Crippen molar-refractivity contribution in [3.63, 3.8) is 0 Å². The van der Waals surface area contributed by atoms with Gasteiger partial charge < -0.3 is 10.2 Å². The molecule has 0 bridgehead atoms. The fraction of sp³-hybridized carbons (Fsp3) is 0.850. The summed E-state index contributed by atoms with van der Waals surface area (Å²) < 4.78 is 15.5. The number of Topliss-reactive ketones (excluding diaryl/α,β-unsaturated/α-hetero) is 1. The second kappa shape index (κ2) is 4.83. The predicted molar refractivity (Wildman–Crippen MR) is 87.7 cm³/mol. The summed E-state index contributed by atoms with van der Waals surface area (Å²) in [6.45, 7) is 2.08. The number of aliphatic hydroxyl groups is 2. The lowest BCUT2D eigenvalue weighted by Gasteiger charge is -2.61. The van der Waals surface area contributed by atoms with Gasteiger partial charge in [-0.1, -0.05) is 12.8 Å². The summed E-state index contributed by atoms with van der Waals surface area (Å²) in [5, 5.41) is 22.2.